The second-order valence-corrected chi connectivity index (χ2v) is 8.95. The maximum Gasteiger partial charge on any atom is 0.342 e. The lowest BCUT2D eigenvalue weighted by atomic mass is 9.91. The van der Waals surface area contributed by atoms with Gasteiger partial charge in [-0.2, -0.15) is 0 Å². The van der Waals surface area contributed by atoms with Gasteiger partial charge in [0.1, 0.15) is 11.5 Å². The van der Waals surface area contributed by atoms with E-state index in [1.807, 2.05) is 12.1 Å². The van der Waals surface area contributed by atoms with Crippen LogP contribution in [0.25, 0.3) is 16.6 Å². The number of aromatic amines is 1. The molecular formula is C25H24FN3O3. The normalized spacial score (nSPS) is 16.7. The minimum Gasteiger partial charge on any atom is -0.459 e. The number of rotatable bonds is 3. The van der Waals surface area contributed by atoms with Crippen LogP contribution in [0.5, 0.6) is 0 Å². The third-order valence-corrected chi connectivity index (χ3v) is 6.21. The molecular weight excluding hydrogens is 409 g/mol. The molecule has 1 fully saturated rings. The van der Waals surface area contributed by atoms with E-state index < -0.39 is 5.97 Å². The summed E-state index contributed by atoms with van der Waals surface area (Å²) >= 11 is 0. The first-order chi connectivity index (χ1) is 15.3. The van der Waals surface area contributed by atoms with Crippen LogP contribution in [0.1, 0.15) is 53.9 Å². The maximum absolute atomic E-state index is 13.8. The van der Waals surface area contributed by atoms with Crippen LogP contribution in [0, 0.1) is 12.7 Å². The minimum atomic E-state index is -0.501. The predicted octanol–water partition coefficient (Wildman–Crippen LogP) is 4.49. The molecule has 3 heterocycles. The summed E-state index contributed by atoms with van der Waals surface area (Å²) in [5, 5.41) is 0.954. The number of H-pyrrole nitrogens is 1. The molecule has 3 aromatic rings. The SMILES string of the molecule is Cc1cc(C(=O)N2C=C(C(=O)OC(C)C)c3[nH]c4ncccc4c3C3(CC3)C2)ccc1F. The zero-order valence-corrected chi connectivity index (χ0v) is 18.2. The number of nitrogens with one attached hydrogen (secondary N) is 1. The second-order valence-electron chi connectivity index (χ2n) is 8.95. The molecule has 164 valence electrons. The molecule has 1 aromatic carbocycles. The summed E-state index contributed by atoms with van der Waals surface area (Å²) in [7, 11) is 0. The minimum absolute atomic E-state index is 0.266. The van der Waals surface area contributed by atoms with Gasteiger partial charge >= 0.3 is 5.97 Å². The van der Waals surface area contributed by atoms with Gasteiger partial charge in [0.05, 0.1) is 17.4 Å². The molecule has 7 heteroatoms. The molecule has 1 saturated carbocycles. The standard InChI is InChI=1S/C25H24FN3O3/c1-14(2)32-24(31)18-12-29(23(30)16-6-7-19(26)15(3)11-16)13-25(8-9-25)20-17-5-4-10-27-22(17)28-21(18)20/h4-7,10-12,14H,8-9,13H2,1-3H3,(H,27,28). The van der Waals surface area contributed by atoms with Gasteiger partial charge in [-0.1, -0.05) is 0 Å². The molecule has 1 amide bonds. The number of carbonyl (C=O) groups excluding carboxylic acids is 2. The van der Waals surface area contributed by atoms with E-state index in [4.69, 9.17) is 4.74 Å². The van der Waals surface area contributed by atoms with Gasteiger partial charge in [0.25, 0.3) is 5.91 Å². The first kappa shape index (κ1) is 20.4. The van der Waals surface area contributed by atoms with Crippen LogP contribution < -0.4 is 0 Å². The molecule has 0 saturated heterocycles. The Kier molecular flexibility index (Phi) is 4.65. The van der Waals surface area contributed by atoms with E-state index in [9.17, 15) is 14.0 Å². The summed E-state index contributed by atoms with van der Waals surface area (Å²) in [6.45, 7) is 5.63. The molecule has 1 N–H and O–H groups in total. The number of hydrogen-bond donors (Lipinski definition) is 1. The van der Waals surface area contributed by atoms with Crippen molar-refractivity contribution in [2.24, 2.45) is 0 Å². The highest BCUT2D eigenvalue weighted by atomic mass is 19.1. The van der Waals surface area contributed by atoms with Crippen LogP contribution in [0.2, 0.25) is 0 Å². The summed E-state index contributed by atoms with van der Waals surface area (Å²) in [4.78, 5) is 35.9. The van der Waals surface area contributed by atoms with Crippen molar-refractivity contribution in [2.45, 2.75) is 45.1 Å². The number of pyridine rings is 1. The number of hydrogen-bond acceptors (Lipinski definition) is 4. The fourth-order valence-corrected chi connectivity index (χ4v) is 4.51. The number of benzene rings is 1. The highest BCUT2D eigenvalue weighted by Gasteiger charge is 2.51. The number of nitrogens with zero attached hydrogens (tertiary/aromatic N) is 2. The van der Waals surface area contributed by atoms with Gasteiger partial charge in [0, 0.05) is 35.3 Å². The highest BCUT2D eigenvalue weighted by Crippen LogP contribution is 2.54. The zero-order chi connectivity index (χ0) is 22.6. The Balaban J connectivity index is 1.66. The highest BCUT2D eigenvalue weighted by molar-refractivity contribution is 6.18. The van der Waals surface area contributed by atoms with E-state index in [1.165, 1.54) is 12.1 Å². The van der Waals surface area contributed by atoms with Crippen molar-refractivity contribution < 1.29 is 18.7 Å². The zero-order valence-electron chi connectivity index (χ0n) is 18.2. The Morgan fingerprint density at radius 1 is 1.25 bits per heavy atom. The second kappa shape index (κ2) is 7.29. The number of aryl methyl sites for hydroxylation is 1. The monoisotopic (exact) mass is 433 g/mol. The van der Waals surface area contributed by atoms with Gasteiger partial charge in [-0.15, -0.1) is 0 Å². The van der Waals surface area contributed by atoms with Gasteiger partial charge in [0.2, 0.25) is 0 Å². The van der Waals surface area contributed by atoms with E-state index in [2.05, 4.69) is 9.97 Å². The van der Waals surface area contributed by atoms with Crippen molar-refractivity contribution in [3.8, 4) is 0 Å². The average Bonchev–Trinajstić information content (AvgIpc) is 3.45. The van der Waals surface area contributed by atoms with Gasteiger partial charge < -0.3 is 14.6 Å². The maximum atomic E-state index is 13.8. The molecule has 0 bridgehead atoms. The van der Waals surface area contributed by atoms with Crippen LogP contribution in [0.15, 0.2) is 42.7 Å². The van der Waals surface area contributed by atoms with Crippen molar-refractivity contribution in [1.29, 1.82) is 0 Å². The molecule has 5 rings (SSSR count). The fourth-order valence-electron chi connectivity index (χ4n) is 4.51. The Morgan fingerprint density at radius 3 is 2.72 bits per heavy atom. The number of ether oxygens (including phenoxy) is 1. The summed E-state index contributed by atoms with van der Waals surface area (Å²) < 4.78 is 19.3. The molecule has 0 unspecified atom stereocenters. The summed E-state index contributed by atoms with van der Waals surface area (Å²) in [5.41, 5.74) is 3.19. The van der Waals surface area contributed by atoms with E-state index >= 15 is 0 Å². The van der Waals surface area contributed by atoms with Crippen molar-refractivity contribution in [1.82, 2.24) is 14.9 Å². The summed E-state index contributed by atoms with van der Waals surface area (Å²) in [6.07, 6.45) is 4.77. The molecule has 32 heavy (non-hydrogen) atoms. The van der Waals surface area contributed by atoms with E-state index in [-0.39, 0.29) is 23.2 Å². The van der Waals surface area contributed by atoms with Gasteiger partial charge in [-0.3, -0.25) is 4.79 Å². The first-order valence-electron chi connectivity index (χ1n) is 10.8. The van der Waals surface area contributed by atoms with E-state index in [1.54, 1.807) is 44.1 Å². The smallest absolute Gasteiger partial charge is 0.342 e. The van der Waals surface area contributed by atoms with Gasteiger partial charge in [0.15, 0.2) is 0 Å². The predicted molar refractivity (Wildman–Crippen MR) is 118 cm³/mol. The largest absolute Gasteiger partial charge is 0.459 e. The van der Waals surface area contributed by atoms with Gasteiger partial charge in [-0.25, -0.2) is 14.2 Å². The Morgan fingerprint density at radius 2 is 2.03 bits per heavy atom. The number of aromatic nitrogens is 2. The van der Waals surface area contributed by atoms with Crippen molar-refractivity contribution in [3.05, 3.63) is 70.9 Å². The van der Waals surface area contributed by atoms with Crippen molar-refractivity contribution >= 4 is 28.5 Å². The fraction of sp³-hybridized carbons (Fsp3) is 0.320. The molecule has 2 aromatic heterocycles. The average molecular weight is 433 g/mol. The van der Waals surface area contributed by atoms with Crippen LogP contribution in [-0.4, -0.2) is 39.4 Å². The third kappa shape index (κ3) is 3.28. The Labute approximate surface area is 185 Å². The van der Waals surface area contributed by atoms with Gasteiger partial charge in [-0.05, 0) is 75.1 Å². The molecule has 1 aliphatic heterocycles. The van der Waals surface area contributed by atoms with Crippen LogP contribution in [-0.2, 0) is 14.9 Å². The van der Waals surface area contributed by atoms with Crippen molar-refractivity contribution in [3.63, 3.8) is 0 Å². The third-order valence-electron chi connectivity index (χ3n) is 6.21. The number of esters is 1. The molecule has 6 nitrogen and oxygen atoms in total. The molecule has 0 radical (unpaired) electrons. The summed E-state index contributed by atoms with van der Waals surface area (Å²) in [6, 6.07) is 8.18. The van der Waals surface area contributed by atoms with Crippen molar-refractivity contribution in [2.75, 3.05) is 6.54 Å². The van der Waals surface area contributed by atoms with Crippen LogP contribution >= 0.6 is 0 Å². The quantitative estimate of drug-likeness (QED) is 0.618. The summed E-state index contributed by atoms with van der Waals surface area (Å²) in [5.74, 6) is -1.14. The number of amides is 1. The first-order valence-corrected chi connectivity index (χ1v) is 10.8. The molecule has 1 aliphatic carbocycles. The lowest BCUT2D eigenvalue weighted by Crippen LogP contribution is -2.33. The van der Waals surface area contributed by atoms with E-state index in [0.29, 0.717) is 34.6 Å². The molecule has 0 atom stereocenters. The lowest BCUT2D eigenvalue weighted by molar-refractivity contribution is -0.140. The number of halogens is 1. The Bertz CT molecular complexity index is 1290. The molecule has 1 spiro atoms. The Hall–Kier alpha value is -3.48. The lowest BCUT2D eigenvalue weighted by Gasteiger charge is -2.23. The van der Waals surface area contributed by atoms with Crippen LogP contribution in [0.3, 0.4) is 0 Å². The topological polar surface area (TPSA) is 75.3 Å². The van der Waals surface area contributed by atoms with Crippen LogP contribution in [0.4, 0.5) is 4.39 Å². The van der Waals surface area contributed by atoms with E-state index in [0.717, 1.165) is 23.8 Å². The number of carbonyl (C=O) groups is 2. The molecule has 2 aliphatic rings. The number of fused-ring (bicyclic) bond motifs is 4.